The smallest absolute Gasteiger partial charge is 0.120 e. The molecule has 3 nitrogen and oxygen atoms in total. The van der Waals surface area contributed by atoms with Crippen molar-refractivity contribution in [3.05, 3.63) is 52.5 Å². The van der Waals surface area contributed by atoms with Crippen LogP contribution in [-0.2, 0) is 0 Å². The standard InChI is InChI=1S/C19H21BrN2O/c1-23-14-5-2-4-13(11-14)21-18-7-3-6-15-16-10-12(20)8-9-17(16)22-19(15)18/h2,4-5,8-11,15,18-19,21-22H,3,6-7H2,1H3. The molecule has 0 radical (unpaired) electrons. The Morgan fingerprint density at radius 1 is 1.17 bits per heavy atom. The minimum absolute atomic E-state index is 0.437. The van der Waals surface area contributed by atoms with E-state index in [0.29, 0.717) is 18.0 Å². The molecule has 1 heterocycles. The molecule has 0 aromatic heterocycles. The number of anilines is 2. The third-order valence-electron chi connectivity index (χ3n) is 5.05. The van der Waals surface area contributed by atoms with E-state index in [1.54, 1.807) is 7.11 Å². The van der Waals surface area contributed by atoms with Crippen LogP contribution in [0.1, 0.15) is 30.7 Å². The van der Waals surface area contributed by atoms with Crippen LogP contribution in [0.3, 0.4) is 0 Å². The fourth-order valence-corrected chi connectivity index (χ4v) is 4.37. The van der Waals surface area contributed by atoms with Gasteiger partial charge in [0.2, 0.25) is 0 Å². The molecule has 0 spiro atoms. The molecule has 120 valence electrons. The van der Waals surface area contributed by atoms with Crippen LogP contribution in [0.4, 0.5) is 11.4 Å². The van der Waals surface area contributed by atoms with E-state index in [2.05, 4.69) is 56.9 Å². The lowest BCUT2D eigenvalue weighted by molar-refractivity contribution is 0.388. The monoisotopic (exact) mass is 372 g/mol. The number of hydrogen-bond donors (Lipinski definition) is 2. The second-order valence-corrected chi connectivity index (χ2v) is 7.34. The molecule has 1 aliphatic carbocycles. The first-order valence-electron chi connectivity index (χ1n) is 8.21. The average Bonchev–Trinajstić information content (AvgIpc) is 2.94. The van der Waals surface area contributed by atoms with Gasteiger partial charge >= 0.3 is 0 Å². The van der Waals surface area contributed by atoms with Gasteiger partial charge in [0, 0.05) is 33.9 Å². The van der Waals surface area contributed by atoms with E-state index in [4.69, 9.17) is 4.74 Å². The third kappa shape index (κ3) is 2.80. The topological polar surface area (TPSA) is 33.3 Å². The van der Waals surface area contributed by atoms with Crippen LogP contribution in [0.5, 0.6) is 5.75 Å². The van der Waals surface area contributed by atoms with Crippen LogP contribution in [0.2, 0.25) is 0 Å². The summed E-state index contributed by atoms with van der Waals surface area (Å²) in [4.78, 5) is 0. The summed E-state index contributed by atoms with van der Waals surface area (Å²) in [5, 5.41) is 7.47. The number of nitrogens with one attached hydrogen (secondary N) is 2. The highest BCUT2D eigenvalue weighted by molar-refractivity contribution is 9.10. The normalized spacial score (nSPS) is 25.2. The Morgan fingerprint density at radius 3 is 2.96 bits per heavy atom. The Hall–Kier alpha value is -1.68. The van der Waals surface area contributed by atoms with Gasteiger partial charge in [-0.15, -0.1) is 0 Å². The van der Waals surface area contributed by atoms with E-state index in [-0.39, 0.29) is 0 Å². The zero-order valence-electron chi connectivity index (χ0n) is 13.2. The van der Waals surface area contributed by atoms with Crippen molar-refractivity contribution >= 4 is 27.3 Å². The van der Waals surface area contributed by atoms with Gasteiger partial charge in [0.1, 0.15) is 5.75 Å². The maximum atomic E-state index is 5.33. The summed E-state index contributed by atoms with van der Waals surface area (Å²) in [6, 6.07) is 15.7. The third-order valence-corrected chi connectivity index (χ3v) is 5.55. The van der Waals surface area contributed by atoms with E-state index in [0.717, 1.165) is 11.4 Å². The molecule has 2 aromatic carbocycles. The summed E-state index contributed by atoms with van der Waals surface area (Å²) < 4.78 is 6.50. The number of rotatable bonds is 3. The highest BCUT2D eigenvalue weighted by Gasteiger charge is 2.39. The van der Waals surface area contributed by atoms with Crippen molar-refractivity contribution in [1.29, 1.82) is 0 Å². The van der Waals surface area contributed by atoms with Crippen molar-refractivity contribution in [3.8, 4) is 5.75 Å². The van der Waals surface area contributed by atoms with E-state index >= 15 is 0 Å². The van der Waals surface area contributed by atoms with Crippen LogP contribution in [0.25, 0.3) is 0 Å². The van der Waals surface area contributed by atoms with E-state index in [9.17, 15) is 0 Å². The molecule has 1 saturated carbocycles. The first-order chi connectivity index (χ1) is 11.2. The largest absolute Gasteiger partial charge is 0.497 e. The molecule has 2 N–H and O–H groups in total. The number of methoxy groups -OCH3 is 1. The van der Waals surface area contributed by atoms with Gasteiger partial charge in [-0.2, -0.15) is 0 Å². The second-order valence-electron chi connectivity index (χ2n) is 6.42. The zero-order chi connectivity index (χ0) is 15.8. The molecule has 4 rings (SSSR count). The van der Waals surface area contributed by atoms with Crippen LogP contribution in [0, 0.1) is 0 Å². The Balaban J connectivity index is 1.57. The Bertz CT molecular complexity index is 718. The SMILES string of the molecule is COc1cccc(NC2CCCC3c4cc(Br)ccc4NC23)c1. The number of ether oxygens (including phenoxy) is 1. The van der Waals surface area contributed by atoms with E-state index < -0.39 is 0 Å². The number of halogens is 1. The summed E-state index contributed by atoms with van der Waals surface area (Å²) in [7, 11) is 1.71. The van der Waals surface area contributed by atoms with Crippen molar-refractivity contribution in [3.63, 3.8) is 0 Å². The van der Waals surface area contributed by atoms with Gasteiger partial charge in [0.15, 0.2) is 0 Å². The van der Waals surface area contributed by atoms with Crippen molar-refractivity contribution in [2.45, 2.75) is 37.3 Å². The van der Waals surface area contributed by atoms with E-state index in [1.165, 1.54) is 35.0 Å². The maximum absolute atomic E-state index is 5.33. The lowest BCUT2D eigenvalue weighted by atomic mass is 9.79. The van der Waals surface area contributed by atoms with Gasteiger partial charge in [-0.05, 0) is 48.7 Å². The van der Waals surface area contributed by atoms with Gasteiger partial charge < -0.3 is 15.4 Å². The number of hydrogen-bond acceptors (Lipinski definition) is 3. The molecule has 23 heavy (non-hydrogen) atoms. The number of fused-ring (bicyclic) bond motifs is 3. The molecule has 4 heteroatoms. The van der Waals surface area contributed by atoms with Crippen LogP contribution in [-0.4, -0.2) is 19.2 Å². The fourth-order valence-electron chi connectivity index (χ4n) is 3.99. The van der Waals surface area contributed by atoms with Crippen molar-refractivity contribution < 1.29 is 4.74 Å². The van der Waals surface area contributed by atoms with Crippen molar-refractivity contribution in [2.24, 2.45) is 0 Å². The fraction of sp³-hybridized carbons (Fsp3) is 0.368. The maximum Gasteiger partial charge on any atom is 0.120 e. The molecule has 1 aliphatic heterocycles. The van der Waals surface area contributed by atoms with Gasteiger partial charge in [-0.25, -0.2) is 0 Å². The minimum atomic E-state index is 0.437. The predicted octanol–water partition coefficient (Wildman–Crippen LogP) is 5.00. The van der Waals surface area contributed by atoms with Crippen LogP contribution in [0.15, 0.2) is 46.9 Å². The lowest BCUT2D eigenvalue weighted by Crippen LogP contribution is -2.43. The van der Waals surface area contributed by atoms with Crippen LogP contribution >= 0.6 is 15.9 Å². The molecule has 3 unspecified atom stereocenters. The Labute approximate surface area is 145 Å². The highest BCUT2D eigenvalue weighted by atomic mass is 79.9. The van der Waals surface area contributed by atoms with Crippen LogP contribution < -0.4 is 15.4 Å². The molecule has 0 bridgehead atoms. The summed E-state index contributed by atoms with van der Waals surface area (Å²) >= 11 is 3.61. The summed E-state index contributed by atoms with van der Waals surface area (Å²) in [5.41, 5.74) is 3.89. The summed E-state index contributed by atoms with van der Waals surface area (Å²) in [6.07, 6.45) is 3.72. The Morgan fingerprint density at radius 2 is 2.09 bits per heavy atom. The first kappa shape index (κ1) is 14.9. The average molecular weight is 373 g/mol. The lowest BCUT2D eigenvalue weighted by Gasteiger charge is -2.35. The molecular formula is C19H21BrN2O. The van der Waals surface area contributed by atoms with Crippen molar-refractivity contribution in [1.82, 2.24) is 0 Å². The van der Waals surface area contributed by atoms with Crippen molar-refractivity contribution in [2.75, 3.05) is 17.7 Å². The first-order valence-corrected chi connectivity index (χ1v) is 9.00. The molecule has 3 atom stereocenters. The molecule has 2 aliphatic rings. The van der Waals surface area contributed by atoms with Gasteiger partial charge in [-0.1, -0.05) is 28.4 Å². The zero-order valence-corrected chi connectivity index (χ0v) is 14.8. The quantitative estimate of drug-likeness (QED) is 0.794. The second kappa shape index (κ2) is 6.08. The molecule has 2 aromatic rings. The molecular weight excluding hydrogens is 352 g/mol. The molecule has 0 amide bonds. The number of benzene rings is 2. The predicted molar refractivity (Wildman–Crippen MR) is 98.5 cm³/mol. The molecule has 0 saturated heterocycles. The molecule has 1 fully saturated rings. The van der Waals surface area contributed by atoms with Gasteiger partial charge in [0.25, 0.3) is 0 Å². The minimum Gasteiger partial charge on any atom is -0.497 e. The van der Waals surface area contributed by atoms with Gasteiger partial charge in [0.05, 0.1) is 13.2 Å². The van der Waals surface area contributed by atoms with E-state index in [1.807, 2.05) is 12.1 Å². The Kier molecular flexibility index (Phi) is 3.93. The highest BCUT2D eigenvalue weighted by Crippen LogP contribution is 2.45. The summed E-state index contributed by atoms with van der Waals surface area (Å²) in [6.45, 7) is 0. The summed E-state index contributed by atoms with van der Waals surface area (Å²) in [5.74, 6) is 1.49. The van der Waals surface area contributed by atoms with Gasteiger partial charge in [-0.3, -0.25) is 0 Å².